The Morgan fingerprint density at radius 1 is 1.03 bits per heavy atom. The van der Waals surface area contributed by atoms with Crippen molar-refractivity contribution in [3.63, 3.8) is 0 Å². The van der Waals surface area contributed by atoms with Gasteiger partial charge in [-0.05, 0) is 50.1 Å². The molecule has 0 saturated heterocycles. The van der Waals surface area contributed by atoms with Gasteiger partial charge in [-0.15, -0.1) is 0 Å². The standard InChI is InChI=1S/C27H23NO4/c1-16(2)28-15-20-14-19(9-12-23(29)18-7-5-4-6-8-18)25-22(26(20)31)11-10-21-17(3)13-24(30)32-27(21)25/h4-16,31H,1-3H3/b12-9+,28-15?. The van der Waals surface area contributed by atoms with Crippen molar-refractivity contribution in [2.45, 2.75) is 26.8 Å². The van der Waals surface area contributed by atoms with Crippen molar-refractivity contribution >= 4 is 39.8 Å². The highest BCUT2D eigenvalue weighted by Gasteiger charge is 2.16. The van der Waals surface area contributed by atoms with Gasteiger partial charge in [0.05, 0.1) is 0 Å². The van der Waals surface area contributed by atoms with E-state index in [1.54, 1.807) is 36.6 Å². The third-order valence-electron chi connectivity index (χ3n) is 5.23. The molecule has 5 heteroatoms. The van der Waals surface area contributed by atoms with Crippen molar-refractivity contribution in [3.8, 4) is 5.75 Å². The lowest BCUT2D eigenvalue weighted by molar-refractivity contribution is 0.104. The normalized spacial score (nSPS) is 12.0. The van der Waals surface area contributed by atoms with Crippen LogP contribution in [-0.2, 0) is 0 Å². The van der Waals surface area contributed by atoms with Gasteiger partial charge < -0.3 is 9.52 Å². The Morgan fingerprint density at radius 3 is 2.47 bits per heavy atom. The predicted molar refractivity (Wildman–Crippen MR) is 129 cm³/mol. The third-order valence-corrected chi connectivity index (χ3v) is 5.23. The van der Waals surface area contributed by atoms with E-state index in [0.29, 0.717) is 33.0 Å². The number of hydrogen-bond acceptors (Lipinski definition) is 5. The molecule has 0 bridgehead atoms. The summed E-state index contributed by atoms with van der Waals surface area (Å²) in [5.74, 6) is -0.107. The maximum Gasteiger partial charge on any atom is 0.336 e. The minimum absolute atomic E-state index is 0.0435. The third kappa shape index (κ3) is 4.10. The summed E-state index contributed by atoms with van der Waals surface area (Å²) in [7, 11) is 0. The fourth-order valence-corrected chi connectivity index (χ4v) is 3.65. The molecular formula is C27H23NO4. The lowest BCUT2D eigenvalue weighted by atomic mass is 9.96. The fraction of sp³-hybridized carbons (Fsp3) is 0.148. The number of hydrogen-bond donors (Lipinski definition) is 1. The molecule has 0 amide bonds. The van der Waals surface area contributed by atoms with Crippen LogP contribution in [0.3, 0.4) is 0 Å². The van der Waals surface area contributed by atoms with E-state index in [4.69, 9.17) is 4.42 Å². The quantitative estimate of drug-likeness (QED) is 0.147. The van der Waals surface area contributed by atoms with Crippen LogP contribution >= 0.6 is 0 Å². The van der Waals surface area contributed by atoms with Crippen LogP contribution < -0.4 is 5.63 Å². The molecule has 0 unspecified atom stereocenters. The molecule has 0 aliphatic carbocycles. The molecule has 5 nitrogen and oxygen atoms in total. The number of aliphatic imine (C=N–C) groups is 1. The number of ketones is 1. The largest absolute Gasteiger partial charge is 0.507 e. The Hall–Kier alpha value is -3.99. The molecule has 32 heavy (non-hydrogen) atoms. The zero-order valence-electron chi connectivity index (χ0n) is 18.1. The molecule has 0 radical (unpaired) electrons. The first-order valence-corrected chi connectivity index (χ1v) is 10.4. The summed E-state index contributed by atoms with van der Waals surface area (Å²) < 4.78 is 5.56. The first kappa shape index (κ1) is 21.2. The first-order chi connectivity index (χ1) is 15.3. The number of phenolic OH excluding ortho intramolecular Hbond substituents is 1. The van der Waals surface area contributed by atoms with E-state index in [0.717, 1.165) is 10.9 Å². The molecule has 0 spiro atoms. The number of carbonyl (C=O) groups excluding carboxylic acids is 1. The van der Waals surface area contributed by atoms with E-state index in [9.17, 15) is 14.7 Å². The SMILES string of the molecule is Cc1cc(=O)oc2c1ccc1c(O)c(C=NC(C)C)cc(/C=C/C(=O)c3ccccc3)c12. The maximum absolute atomic E-state index is 12.7. The van der Waals surface area contributed by atoms with Gasteiger partial charge in [0.25, 0.3) is 0 Å². The summed E-state index contributed by atoms with van der Waals surface area (Å²) >= 11 is 0. The van der Waals surface area contributed by atoms with Gasteiger partial charge >= 0.3 is 5.63 Å². The highest BCUT2D eigenvalue weighted by Crippen LogP contribution is 2.37. The molecular weight excluding hydrogens is 402 g/mol. The van der Waals surface area contributed by atoms with Gasteiger partial charge in [-0.2, -0.15) is 0 Å². The summed E-state index contributed by atoms with van der Waals surface area (Å²) in [4.78, 5) is 29.2. The molecule has 3 aromatic carbocycles. The van der Waals surface area contributed by atoms with Crippen LogP contribution in [0.4, 0.5) is 0 Å². The van der Waals surface area contributed by atoms with E-state index >= 15 is 0 Å². The molecule has 1 heterocycles. The van der Waals surface area contributed by atoms with Gasteiger partial charge in [0.1, 0.15) is 11.3 Å². The zero-order valence-corrected chi connectivity index (χ0v) is 18.1. The molecule has 0 aliphatic heterocycles. The van der Waals surface area contributed by atoms with E-state index in [2.05, 4.69) is 4.99 Å². The number of carbonyl (C=O) groups is 1. The number of aryl methyl sites for hydroxylation is 1. The minimum atomic E-state index is -0.470. The molecule has 4 aromatic rings. The number of benzene rings is 3. The maximum atomic E-state index is 12.7. The van der Waals surface area contributed by atoms with Crippen molar-refractivity contribution in [1.29, 1.82) is 0 Å². The van der Waals surface area contributed by atoms with Crippen molar-refractivity contribution in [1.82, 2.24) is 0 Å². The molecule has 0 fully saturated rings. The Bertz CT molecular complexity index is 1440. The number of rotatable bonds is 5. The average molecular weight is 425 g/mol. The molecule has 160 valence electrons. The monoisotopic (exact) mass is 425 g/mol. The lowest BCUT2D eigenvalue weighted by Crippen LogP contribution is -2.00. The van der Waals surface area contributed by atoms with E-state index < -0.39 is 5.63 Å². The number of aromatic hydroxyl groups is 1. The second-order valence-electron chi connectivity index (χ2n) is 7.95. The topological polar surface area (TPSA) is 79.9 Å². The van der Waals surface area contributed by atoms with E-state index in [1.807, 2.05) is 45.0 Å². The predicted octanol–water partition coefficient (Wildman–Crippen LogP) is 5.68. The van der Waals surface area contributed by atoms with Crippen LogP contribution in [0.25, 0.3) is 27.8 Å². The molecule has 0 saturated carbocycles. The number of nitrogens with zero attached hydrogens (tertiary/aromatic N) is 1. The van der Waals surface area contributed by atoms with E-state index in [1.165, 1.54) is 12.1 Å². The lowest BCUT2D eigenvalue weighted by Gasteiger charge is -2.12. The minimum Gasteiger partial charge on any atom is -0.507 e. The molecule has 1 N–H and O–H groups in total. The van der Waals surface area contributed by atoms with Crippen LogP contribution in [0.15, 0.2) is 74.9 Å². The summed E-state index contributed by atoms with van der Waals surface area (Å²) in [6.07, 6.45) is 4.79. The Labute approximate surface area is 185 Å². The van der Waals surface area contributed by atoms with Gasteiger partial charge in [0, 0.05) is 45.6 Å². The summed E-state index contributed by atoms with van der Waals surface area (Å²) in [5, 5.41) is 12.8. The molecule has 0 aliphatic rings. The summed E-state index contributed by atoms with van der Waals surface area (Å²) in [6.45, 7) is 5.72. The first-order valence-electron chi connectivity index (χ1n) is 10.4. The smallest absolute Gasteiger partial charge is 0.336 e. The number of phenols is 1. The van der Waals surface area contributed by atoms with Crippen LogP contribution in [0.1, 0.15) is 40.9 Å². The van der Waals surface area contributed by atoms with Crippen LogP contribution in [0.5, 0.6) is 5.75 Å². The van der Waals surface area contributed by atoms with Gasteiger partial charge in [-0.1, -0.05) is 42.5 Å². The second-order valence-corrected chi connectivity index (χ2v) is 7.95. The van der Waals surface area contributed by atoms with Crippen molar-refractivity contribution in [2.75, 3.05) is 0 Å². The van der Waals surface area contributed by atoms with Crippen molar-refractivity contribution in [3.05, 3.63) is 93.3 Å². The summed E-state index contributed by atoms with van der Waals surface area (Å²) in [5.41, 5.74) is 2.42. The fourth-order valence-electron chi connectivity index (χ4n) is 3.65. The average Bonchev–Trinajstić information content (AvgIpc) is 2.77. The number of allylic oxidation sites excluding steroid dienone is 1. The Balaban J connectivity index is 2.00. The Kier molecular flexibility index (Phi) is 5.73. The van der Waals surface area contributed by atoms with Crippen molar-refractivity contribution in [2.24, 2.45) is 4.99 Å². The van der Waals surface area contributed by atoms with Crippen LogP contribution in [0, 0.1) is 6.92 Å². The van der Waals surface area contributed by atoms with Gasteiger partial charge in [-0.3, -0.25) is 9.79 Å². The van der Waals surface area contributed by atoms with Gasteiger partial charge in [0.2, 0.25) is 0 Å². The van der Waals surface area contributed by atoms with Crippen molar-refractivity contribution < 1.29 is 14.3 Å². The second kappa shape index (κ2) is 8.63. The van der Waals surface area contributed by atoms with E-state index in [-0.39, 0.29) is 17.6 Å². The highest BCUT2D eigenvalue weighted by atomic mass is 16.4. The number of fused-ring (bicyclic) bond motifs is 3. The molecule has 0 atom stereocenters. The van der Waals surface area contributed by atoms with Crippen LogP contribution in [0.2, 0.25) is 0 Å². The van der Waals surface area contributed by atoms with Gasteiger partial charge in [0.15, 0.2) is 5.78 Å². The molecule has 1 aromatic heterocycles. The molecule has 4 rings (SSSR count). The van der Waals surface area contributed by atoms with Crippen LogP contribution in [-0.4, -0.2) is 23.1 Å². The highest BCUT2D eigenvalue weighted by molar-refractivity contribution is 6.15. The zero-order chi connectivity index (χ0) is 22.8. The van der Waals surface area contributed by atoms with Gasteiger partial charge in [-0.25, -0.2) is 4.79 Å². The summed E-state index contributed by atoms with van der Waals surface area (Å²) in [6, 6.07) is 15.8. The Morgan fingerprint density at radius 2 is 1.75 bits per heavy atom.